The molecule has 6 heteroatoms. The molecule has 0 unspecified atom stereocenters. The van der Waals surface area contributed by atoms with E-state index in [1.165, 1.54) is 12.8 Å². The van der Waals surface area contributed by atoms with Crippen LogP contribution >= 0.6 is 39.9 Å². The van der Waals surface area contributed by atoms with Crippen molar-refractivity contribution in [3.8, 4) is 0 Å². The van der Waals surface area contributed by atoms with Crippen LogP contribution < -0.4 is 5.73 Å². The van der Waals surface area contributed by atoms with Gasteiger partial charge in [0.25, 0.3) is 5.24 Å². The summed E-state index contributed by atoms with van der Waals surface area (Å²) in [6.07, 6.45) is 2.46. The van der Waals surface area contributed by atoms with E-state index >= 15 is 0 Å². The summed E-state index contributed by atoms with van der Waals surface area (Å²) in [7, 11) is 0. The Morgan fingerprint density at radius 1 is 1.39 bits per heavy atom. The summed E-state index contributed by atoms with van der Waals surface area (Å²) in [5.41, 5.74) is 8.15. The fraction of sp³-hybridized carbons (Fsp3) is 0.417. The first-order valence-electron chi connectivity index (χ1n) is 5.58. The molecular weight excluding hydrogens is 339 g/mol. The summed E-state index contributed by atoms with van der Waals surface area (Å²) >= 11 is 8.86. The Bertz CT molecular complexity index is 448. The van der Waals surface area contributed by atoms with Gasteiger partial charge in [-0.15, -0.1) is 12.4 Å². The molecule has 0 saturated carbocycles. The zero-order valence-electron chi connectivity index (χ0n) is 9.79. The fourth-order valence-corrected chi connectivity index (χ4v) is 2.71. The standard InChI is InChI=1S/C12H14BrClN2O.ClH/c13-10-6-8(12(14)17)5-9(11(10)15)7-16-3-1-2-4-16;/h5-6H,1-4,7,15H2;1H. The van der Waals surface area contributed by atoms with Gasteiger partial charge in [-0.05, 0) is 71.2 Å². The highest BCUT2D eigenvalue weighted by molar-refractivity contribution is 9.10. The summed E-state index contributed by atoms with van der Waals surface area (Å²) in [6, 6.07) is 3.45. The third-order valence-electron chi connectivity index (χ3n) is 3.03. The maximum atomic E-state index is 11.2. The number of carbonyl (C=O) groups excluding carboxylic acids is 1. The van der Waals surface area contributed by atoms with E-state index in [4.69, 9.17) is 17.3 Å². The van der Waals surface area contributed by atoms with Crippen molar-refractivity contribution in [1.29, 1.82) is 0 Å². The summed E-state index contributed by atoms with van der Waals surface area (Å²) in [6.45, 7) is 2.97. The van der Waals surface area contributed by atoms with Crippen LogP contribution in [0.15, 0.2) is 16.6 Å². The number of hydrogen-bond donors (Lipinski definition) is 1. The molecule has 0 radical (unpaired) electrons. The smallest absolute Gasteiger partial charge is 0.252 e. The van der Waals surface area contributed by atoms with Gasteiger partial charge >= 0.3 is 0 Å². The molecule has 0 aromatic heterocycles. The van der Waals surface area contributed by atoms with E-state index in [0.29, 0.717) is 11.3 Å². The molecule has 1 aliphatic heterocycles. The minimum Gasteiger partial charge on any atom is -0.398 e. The normalized spacial score (nSPS) is 15.4. The van der Waals surface area contributed by atoms with E-state index in [0.717, 1.165) is 29.7 Å². The number of benzene rings is 1. The molecule has 0 spiro atoms. The van der Waals surface area contributed by atoms with E-state index in [1.54, 1.807) is 12.1 Å². The first kappa shape index (κ1) is 15.8. The number of likely N-dealkylation sites (tertiary alicyclic amines) is 1. The van der Waals surface area contributed by atoms with Gasteiger partial charge in [0.2, 0.25) is 0 Å². The topological polar surface area (TPSA) is 46.3 Å². The molecule has 18 heavy (non-hydrogen) atoms. The van der Waals surface area contributed by atoms with Gasteiger partial charge < -0.3 is 5.73 Å². The van der Waals surface area contributed by atoms with Crippen molar-refractivity contribution < 1.29 is 4.79 Å². The van der Waals surface area contributed by atoms with E-state index in [9.17, 15) is 4.79 Å². The second-order valence-corrected chi connectivity index (χ2v) is 5.49. The molecule has 1 aromatic carbocycles. The maximum absolute atomic E-state index is 11.2. The van der Waals surface area contributed by atoms with Crippen LogP contribution in [0.4, 0.5) is 5.69 Å². The second-order valence-electron chi connectivity index (χ2n) is 4.29. The predicted octanol–water partition coefficient (Wildman–Crippen LogP) is 3.43. The molecule has 1 aliphatic rings. The van der Waals surface area contributed by atoms with Crippen LogP contribution in [0, 0.1) is 0 Å². The van der Waals surface area contributed by atoms with Gasteiger partial charge in [-0.3, -0.25) is 9.69 Å². The summed E-state index contributed by atoms with van der Waals surface area (Å²) in [5, 5.41) is -0.451. The van der Waals surface area contributed by atoms with Crippen molar-refractivity contribution in [2.45, 2.75) is 19.4 Å². The lowest BCUT2D eigenvalue weighted by Crippen LogP contribution is -2.19. The van der Waals surface area contributed by atoms with Crippen molar-refractivity contribution in [1.82, 2.24) is 4.90 Å². The van der Waals surface area contributed by atoms with Gasteiger partial charge in [0.05, 0.1) is 5.69 Å². The van der Waals surface area contributed by atoms with Gasteiger partial charge in [-0.2, -0.15) is 0 Å². The maximum Gasteiger partial charge on any atom is 0.252 e. The van der Waals surface area contributed by atoms with Crippen molar-refractivity contribution in [3.05, 3.63) is 27.7 Å². The summed E-state index contributed by atoms with van der Waals surface area (Å²) < 4.78 is 0.734. The van der Waals surface area contributed by atoms with Gasteiger partial charge in [0.15, 0.2) is 0 Å². The van der Waals surface area contributed by atoms with Crippen LogP contribution in [0.5, 0.6) is 0 Å². The van der Waals surface area contributed by atoms with Crippen molar-refractivity contribution in [2.24, 2.45) is 0 Å². The number of anilines is 1. The number of nitrogens with zero attached hydrogens (tertiary/aromatic N) is 1. The number of halogens is 3. The van der Waals surface area contributed by atoms with Crippen LogP contribution in [0.2, 0.25) is 0 Å². The third kappa shape index (κ3) is 3.60. The van der Waals surface area contributed by atoms with Gasteiger partial charge in [-0.25, -0.2) is 0 Å². The van der Waals surface area contributed by atoms with Crippen LogP contribution in [-0.2, 0) is 6.54 Å². The van der Waals surface area contributed by atoms with E-state index in [2.05, 4.69) is 20.8 Å². The lowest BCUT2D eigenvalue weighted by molar-refractivity contribution is 0.108. The Labute approximate surface area is 126 Å². The zero-order valence-corrected chi connectivity index (χ0v) is 12.9. The fourth-order valence-electron chi connectivity index (χ4n) is 2.10. The number of carbonyl (C=O) groups is 1. The van der Waals surface area contributed by atoms with E-state index in [1.807, 2.05) is 0 Å². The quantitative estimate of drug-likeness (QED) is 0.668. The van der Waals surface area contributed by atoms with Crippen LogP contribution in [0.25, 0.3) is 0 Å². The van der Waals surface area contributed by atoms with E-state index in [-0.39, 0.29) is 12.4 Å². The molecule has 1 heterocycles. The molecule has 2 N–H and O–H groups in total. The molecule has 1 fully saturated rings. The van der Waals surface area contributed by atoms with Crippen LogP contribution in [-0.4, -0.2) is 23.2 Å². The molecule has 0 amide bonds. The highest BCUT2D eigenvalue weighted by Crippen LogP contribution is 2.28. The number of nitrogen functional groups attached to an aromatic ring is 1. The molecule has 0 atom stereocenters. The Balaban J connectivity index is 0.00000162. The molecule has 100 valence electrons. The second kappa shape index (κ2) is 6.75. The third-order valence-corrected chi connectivity index (χ3v) is 3.91. The van der Waals surface area contributed by atoms with Crippen molar-refractivity contribution in [3.63, 3.8) is 0 Å². The molecule has 1 saturated heterocycles. The lowest BCUT2D eigenvalue weighted by atomic mass is 10.1. The Morgan fingerprint density at radius 2 is 2.00 bits per heavy atom. The number of hydrogen-bond acceptors (Lipinski definition) is 3. The number of nitrogens with two attached hydrogens (primary N) is 1. The summed E-state index contributed by atoms with van der Waals surface area (Å²) in [4.78, 5) is 13.5. The van der Waals surface area contributed by atoms with Gasteiger partial charge in [-0.1, -0.05) is 0 Å². The molecular formula is C12H15BrCl2N2O. The Morgan fingerprint density at radius 3 is 2.56 bits per heavy atom. The highest BCUT2D eigenvalue weighted by atomic mass is 79.9. The SMILES string of the molecule is Cl.Nc1c(Br)cc(C(=O)Cl)cc1CN1CCCC1. The number of rotatable bonds is 3. The average molecular weight is 354 g/mol. The first-order chi connectivity index (χ1) is 8.08. The molecule has 2 rings (SSSR count). The molecule has 1 aromatic rings. The zero-order chi connectivity index (χ0) is 12.4. The van der Waals surface area contributed by atoms with Gasteiger partial charge in [0.1, 0.15) is 0 Å². The van der Waals surface area contributed by atoms with Crippen molar-refractivity contribution in [2.75, 3.05) is 18.8 Å². The molecule has 0 bridgehead atoms. The Hall–Kier alpha value is -0.290. The van der Waals surface area contributed by atoms with Crippen molar-refractivity contribution >= 4 is 50.9 Å². The van der Waals surface area contributed by atoms with Gasteiger partial charge in [0, 0.05) is 16.6 Å². The van der Waals surface area contributed by atoms with E-state index < -0.39 is 5.24 Å². The monoisotopic (exact) mass is 352 g/mol. The highest BCUT2D eigenvalue weighted by Gasteiger charge is 2.16. The van der Waals surface area contributed by atoms with Crippen LogP contribution in [0.3, 0.4) is 0 Å². The first-order valence-corrected chi connectivity index (χ1v) is 6.75. The molecule has 0 aliphatic carbocycles. The largest absolute Gasteiger partial charge is 0.398 e. The minimum atomic E-state index is -0.451. The van der Waals surface area contributed by atoms with Crippen LogP contribution in [0.1, 0.15) is 28.8 Å². The lowest BCUT2D eigenvalue weighted by Gasteiger charge is -2.17. The summed E-state index contributed by atoms with van der Waals surface area (Å²) in [5.74, 6) is 0. The Kier molecular flexibility index (Phi) is 5.92. The predicted molar refractivity (Wildman–Crippen MR) is 80.5 cm³/mol. The molecule has 3 nitrogen and oxygen atoms in total. The minimum absolute atomic E-state index is 0. The average Bonchev–Trinajstić information content (AvgIpc) is 2.77.